The van der Waals surface area contributed by atoms with Crippen LogP contribution in [-0.2, 0) is 11.2 Å². The highest BCUT2D eigenvalue weighted by molar-refractivity contribution is 5.76. The Bertz CT molecular complexity index is 1030. The molecule has 0 amide bonds. The van der Waals surface area contributed by atoms with E-state index in [2.05, 4.69) is 15.1 Å². The highest BCUT2D eigenvalue weighted by Crippen LogP contribution is 2.27. The van der Waals surface area contributed by atoms with Crippen LogP contribution in [0.1, 0.15) is 36.7 Å². The average molecular weight is 356 g/mol. The number of nitrogens with one attached hydrogen (secondary N) is 2. The largest absolute Gasteiger partial charge is 0.497 e. The van der Waals surface area contributed by atoms with Crippen molar-refractivity contribution in [2.45, 2.75) is 31.9 Å². The third kappa shape index (κ3) is 3.03. The van der Waals surface area contributed by atoms with Crippen LogP contribution in [0.15, 0.2) is 33.9 Å². The van der Waals surface area contributed by atoms with E-state index in [1.807, 2.05) is 24.3 Å². The first-order valence-electron chi connectivity index (χ1n) is 8.64. The Morgan fingerprint density at radius 1 is 1.23 bits per heavy atom. The number of aromatic amines is 2. The van der Waals surface area contributed by atoms with Gasteiger partial charge in [-0.15, -0.1) is 0 Å². The maximum atomic E-state index is 12.2. The molecule has 0 saturated carbocycles. The number of ether oxygens (including phenoxy) is 2. The molecule has 8 heteroatoms. The van der Waals surface area contributed by atoms with E-state index in [9.17, 15) is 9.59 Å². The molecule has 136 valence electrons. The van der Waals surface area contributed by atoms with Gasteiger partial charge in [-0.05, 0) is 37.0 Å². The lowest BCUT2D eigenvalue weighted by molar-refractivity contribution is -0.0405. The number of fused-ring (bicyclic) bond motifs is 1. The summed E-state index contributed by atoms with van der Waals surface area (Å²) in [6, 6.07) is 7.67. The molecule has 0 radical (unpaired) electrons. The Labute approximate surface area is 148 Å². The summed E-state index contributed by atoms with van der Waals surface area (Å²) in [6.45, 7) is 0.662. The number of nitrogens with zero attached hydrogens (tertiary/aromatic N) is 2. The molecule has 3 heterocycles. The van der Waals surface area contributed by atoms with E-state index in [4.69, 9.17) is 9.47 Å². The molecule has 26 heavy (non-hydrogen) atoms. The molecule has 1 aliphatic rings. The summed E-state index contributed by atoms with van der Waals surface area (Å²) < 4.78 is 12.8. The molecule has 0 bridgehead atoms. The number of aromatic nitrogens is 4. The van der Waals surface area contributed by atoms with Gasteiger partial charge in [0, 0.05) is 13.0 Å². The smallest absolute Gasteiger partial charge is 0.326 e. The molecule has 1 saturated heterocycles. The molecular formula is C18H20N4O4. The molecule has 4 rings (SSSR count). The van der Waals surface area contributed by atoms with Gasteiger partial charge in [0.2, 0.25) is 0 Å². The summed E-state index contributed by atoms with van der Waals surface area (Å²) in [4.78, 5) is 28.9. The monoisotopic (exact) mass is 356 g/mol. The summed E-state index contributed by atoms with van der Waals surface area (Å²) in [5.41, 5.74) is 1.44. The van der Waals surface area contributed by atoms with Crippen LogP contribution in [0.25, 0.3) is 11.0 Å². The van der Waals surface area contributed by atoms with Gasteiger partial charge in [0.15, 0.2) is 11.7 Å². The van der Waals surface area contributed by atoms with Gasteiger partial charge in [-0.2, -0.15) is 5.10 Å². The molecule has 2 N–H and O–H groups in total. The van der Waals surface area contributed by atoms with Gasteiger partial charge in [-0.1, -0.05) is 12.1 Å². The fraction of sp³-hybridized carbons (Fsp3) is 0.389. The first-order valence-corrected chi connectivity index (χ1v) is 8.64. The topological polar surface area (TPSA) is 102 Å². The number of hydrogen-bond acceptors (Lipinski definition) is 5. The van der Waals surface area contributed by atoms with Crippen molar-refractivity contribution in [3.8, 4) is 5.75 Å². The van der Waals surface area contributed by atoms with E-state index in [0.29, 0.717) is 18.5 Å². The van der Waals surface area contributed by atoms with Crippen molar-refractivity contribution in [1.82, 2.24) is 19.7 Å². The van der Waals surface area contributed by atoms with E-state index in [1.165, 1.54) is 0 Å². The summed E-state index contributed by atoms with van der Waals surface area (Å²) in [5.74, 6) is 0.771. The maximum Gasteiger partial charge on any atom is 0.326 e. The Hall–Kier alpha value is -2.87. The fourth-order valence-corrected chi connectivity index (χ4v) is 3.33. The van der Waals surface area contributed by atoms with Crippen molar-refractivity contribution in [1.29, 1.82) is 0 Å². The van der Waals surface area contributed by atoms with Crippen LogP contribution < -0.4 is 16.0 Å². The minimum absolute atomic E-state index is 0.224. The van der Waals surface area contributed by atoms with Crippen molar-refractivity contribution in [3.05, 3.63) is 56.4 Å². The highest BCUT2D eigenvalue weighted by atomic mass is 16.5. The van der Waals surface area contributed by atoms with Crippen LogP contribution in [0.4, 0.5) is 0 Å². The third-order valence-corrected chi connectivity index (χ3v) is 4.65. The molecule has 1 unspecified atom stereocenters. The van der Waals surface area contributed by atoms with Gasteiger partial charge in [-0.3, -0.25) is 9.78 Å². The average Bonchev–Trinajstić information content (AvgIpc) is 3.02. The van der Waals surface area contributed by atoms with Gasteiger partial charge in [-0.25, -0.2) is 9.48 Å². The van der Waals surface area contributed by atoms with E-state index in [-0.39, 0.29) is 11.7 Å². The van der Waals surface area contributed by atoms with Crippen LogP contribution in [0.2, 0.25) is 0 Å². The van der Waals surface area contributed by atoms with Gasteiger partial charge in [0.05, 0.1) is 18.3 Å². The lowest BCUT2D eigenvalue weighted by atomic mass is 10.1. The SMILES string of the molecule is COc1ccc(Cc2c3[nH]c(=O)[nH]c(=O)c3nn2C2CCCCO2)cc1. The molecule has 1 aromatic carbocycles. The number of rotatable bonds is 4. The zero-order chi connectivity index (χ0) is 18.1. The minimum atomic E-state index is -0.539. The van der Waals surface area contributed by atoms with Crippen LogP contribution >= 0.6 is 0 Å². The lowest BCUT2D eigenvalue weighted by Gasteiger charge is -2.24. The Morgan fingerprint density at radius 3 is 2.73 bits per heavy atom. The minimum Gasteiger partial charge on any atom is -0.497 e. The molecule has 1 fully saturated rings. The number of H-pyrrole nitrogens is 2. The maximum absolute atomic E-state index is 12.2. The molecule has 2 aromatic heterocycles. The number of benzene rings is 1. The second kappa shape index (κ2) is 6.80. The molecule has 0 spiro atoms. The van der Waals surface area contributed by atoms with Crippen molar-refractivity contribution < 1.29 is 9.47 Å². The Balaban J connectivity index is 1.83. The van der Waals surface area contributed by atoms with Crippen molar-refractivity contribution >= 4 is 11.0 Å². The van der Waals surface area contributed by atoms with Gasteiger partial charge >= 0.3 is 5.69 Å². The summed E-state index contributed by atoms with van der Waals surface area (Å²) >= 11 is 0. The normalized spacial score (nSPS) is 17.5. The lowest BCUT2D eigenvalue weighted by Crippen LogP contribution is -2.22. The van der Waals surface area contributed by atoms with Gasteiger partial charge in [0.25, 0.3) is 5.56 Å². The van der Waals surface area contributed by atoms with Crippen molar-refractivity contribution in [3.63, 3.8) is 0 Å². The molecule has 8 nitrogen and oxygen atoms in total. The quantitative estimate of drug-likeness (QED) is 0.741. The first-order chi connectivity index (χ1) is 12.7. The number of methoxy groups -OCH3 is 1. The van der Waals surface area contributed by atoms with Crippen LogP contribution in [-0.4, -0.2) is 33.5 Å². The summed E-state index contributed by atoms with van der Waals surface area (Å²) in [5, 5.41) is 4.46. The van der Waals surface area contributed by atoms with Gasteiger partial charge < -0.3 is 14.5 Å². The van der Waals surface area contributed by atoms with Crippen LogP contribution in [0, 0.1) is 0 Å². The standard InChI is InChI=1S/C18H20N4O4/c1-25-12-7-5-11(6-8-12)10-13-15-16(17(23)20-18(24)19-15)21-22(13)14-4-2-3-9-26-14/h5-8,14H,2-4,9-10H2,1H3,(H2,19,20,23,24). The van der Waals surface area contributed by atoms with Crippen molar-refractivity contribution in [2.75, 3.05) is 13.7 Å². The van der Waals surface area contributed by atoms with Gasteiger partial charge in [0.1, 0.15) is 5.75 Å². The van der Waals surface area contributed by atoms with Crippen LogP contribution in [0.3, 0.4) is 0 Å². The second-order valence-electron chi connectivity index (χ2n) is 6.37. The summed E-state index contributed by atoms with van der Waals surface area (Å²) in [6.07, 6.45) is 3.16. The fourth-order valence-electron chi connectivity index (χ4n) is 3.33. The predicted octanol–water partition coefficient (Wildman–Crippen LogP) is 1.71. The second-order valence-corrected chi connectivity index (χ2v) is 6.37. The first kappa shape index (κ1) is 16.6. The van der Waals surface area contributed by atoms with E-state index < -0.39 is 11.2 Å². The zero-order valence-corrected chi connectivity index (χ0v) is 14.4. The molecular weight excluding hydrogens is 336 g/mol. The summed E-state index contributed by atoms with van der Waals surface area (Å²) in [7, 11) is 1.62. The van der Waals surface area contributed by atoms with Crippen molar-refractivity contribution in [2.24, 2.45) is 0 Å². The Morgan fingerprint density at radius 2 is 2.04 bits per heavy atom. The predicted molar refractivity (Wildman–Crippen MR) is 95.6 cm³/mol. The molecule has 1 atom stereocenters. The number of hydrogen-bond donors (Lipinski definition) is 2. The zero-order valence-electron chi connectivity index (χ0n) is 14.4. The molecule has 1 aliphatic heterocycles. The van der Waals surface area contributed by atoms with Crippen LogP contribution in [0.5, 0.6) is 5.75 Å². The van der Waals surface area contributed by atoms with E-state index >= 15 is 0 Å². The Kier molecular flexibility index (Phi) is 4.34. The van der Waals surface area contributed by atoms with E-state index in [1.54, 1.807) is 11.8 Å². The third-order valence-electron chi connectivity index (χ3n) is 4.65. The molecule has 3 aromatic rings. The van der Waals surface area contributed by atoms with E-state index in [0.717, 1.165) is 36.3 Å². The highest BCUT2D eigenvalue weighted by Gasteiger charge is 2.23. The molecule has 0 aliphatic carbocycles.